The largest absolute Gasteiger partial charge is 0.573 e. The Hall–Kier alpha value is -2.16. The van der Waals surface area contributed by atoms with Gasteiger partial charge in [0.25, 0.3) is 0 Å². The Balaban J connectivity index is 2.08. The van der Waals surface area contributed by atoms with Crippen molar-refractivity contribution >= 4 is 22.8 Å². The van der Waals surface area contributed by atoms with E-state index in [0.29, 0.717) is 21.9 Å². The lowest BCUT2D eigenvalue weighted by Gasteiger charge is -2.14. The van der Waals surface area contributed by atoms with E-state index in [0.717, 1.165) is 0 Å². The van der Waals surface area contributed by atoms with E-state index in [9.17, 15) is 13.2 Å². The summed E-state index contributed by atoms with van der Waals surface area (Å²) in [6.07, 6.45) is -1.47. The van der Waals surface area contributed by atoms with Gasteiger partial charge in [-0.25, -0.2) is 9.67 Å². The maximum Gasteiger partial charge on any atom is 0.573 e. The summed E-state index contributed by atoms with van der Waals surface area (Å²) < 4.78 is 43.5. The van der Waals surface area contributed by atoms with Crippen LogP contribution in [0.4, 0.5) is 13.2 Å². The quantitative estimate of drug-likeness (QED) is 0.724. The normalized spacial score (nSPS) is 12.3. The number of ether oxygens (including phenoxy) is 1. The van der Waals surface area contributed by atoms with E-state index in [2.05, 4.69) is 19.8 Å². The minimum atomic E-state index is -4.75. The molecule has 0 radical (unpaired) electrons. The number of H-pyrrole nitrogens is 1. The molecule has 0 saturated heterocycles. The zero-order valence-corrected chi connectivity index (χ0v) is 13.1. The van der Waals surface area contributed by atoms with Gasteiger partial charge in [-0.1, -0.05) is 13.8 Å². The molecule has 3 aromatic rings. The number of thioether (sulfide) groups is 1. The number of hydrogen-bond acceptors (Lipinski definition) is 4. The van der Waals surface area contributed by atoms with Crippen molar-refractivity contribution in [2.45, 2.75) is 30.4 Å². The first-order valence-electron chi connectivity index (χ1n) is 6.78. The van der Waals surface area contributed by atoms with Crippen molar-refractivity contribution in [3.63, 3.8) is 0 Å². The van der Waals surface area contributed by atoms with Crippen LogP contribution < -0.4 is 4.74 Å². The van der Waals surface area contributed by atoms with Gasteiger partial charge in [-0.2, -0.15) is 5.10 Å². The summed E-state index contributed by atoms with van der Waals surface area (Å²) in [4.78, 5) is 7.68. The van der Waals surface area contributed by atoms with E-state index in [1.165, 1.54) is 22.5 Å². The summed E-state index contributed by atoms with van der Waals surface area (Å²) in [6, 6.07) is 4.63. The summed E-state index contributed by atoms with van der Waals surface area (Å²) in [5.74, 6) is 0.189. The Bertz CT molecular complexity index is 811. The van der Waals surface area contributed by atoms with Crippen molar-refractivity contribution in [1.82, 2.24) is 19.7 Å². The molecule has 122 valence electrons. The number of benzene rings is 1. The smallest absolute Gasteiger partial charge is 0.405 e. The minimum Gasteiger partial charge on any atom is -0.405 e. The molecule has 2 heterocycles. The molecule has 0 amide bonds. The number of nitrogens with one attached hydrogen (secondary N) is 1. The molecular formula is C14H13F3N4OS. The maximum absolute atomic E-state index is 12.6. The summed E-state index contributed by atoms with van der Waals surface area (Å²) in [5.41, 5.74) is 0.996. The molecule has 0 aliphatic heterocycles. The van der Waals surface area contributed by atoms with E-state index in [-0.39, 0.29) is 11.0 Å². The van der Waals surface area contributed by atoms with Crippen molar-refractivity contribution < 1.29 is 17.9 Å². The molecule has 1 N–H and O–H groups in total. The molecule has 3 rings (SSSR count). The van der Waals surface area contributed by atoms with Crippen LogP contribution in [0.3, 0.4) is 0 Å². The predicted octanol–water partition coefficient (Wildman–Crippen LogP) is 4.15. The van der Waals surface area contributed by atoms with Crippen molar-refractivity contribution in [2.24, 2.45) is 0 Å². The number of imidazole rings is 1. The Morgan fingerprint density at radius 2 is 2.09 bits per heavy atom. The molecule has 0 atom stereocenters. The topological polar surface area (TPSA) is 55.7 Å². The average molecular weight is 342 g/mol. The van der Waals surface area contributed by atoms with Crippen LogP contribution in [0.15, 0.2) is 35.5 Å². The van der Waals surface area contributed by atoms with Gasteiger partial charge in [0.05, 0.1) is 15.9 Å². The maximum atomic E-state index is 12.6. The highest BCUT2D eigenvalue weighted by atomic mass is 32.2. The molecule has 2 aromatic heterocycles. The predicted molar refractivity (Wildman–Crippen MR) is 80.9 cm³/mol. The molecule has 23 heavy (non-hydrogen) atoms. The molecule has 0 saturated carbocycles. The van der Waals surface area contributed by atoms with Gasteiger partial charge in [0.15, 0.2) is 0 Å². The SMILES string of the molecule is CC(C)Sc1cc2nc(-n3cccn3)[nH]c2cc1OC(F)(F)F. The Kier molecular flexibility index (Phi) is 3.97. The van der Waals surface area contributed by atoms with Gasteiger partial charge in [0.1, 0.15) is 5.75 Å². The third kappa shape index (κ3) is 3.61. The average Bonchev–Trinajstić information content (AvgIpc) is 3.04. The second kappa shape index (κ2) is 5.80. The lowest BCUT2D eigenvalue weighted by atomic mass is 10.3. The fourth-order valence-corrected chi connectivity index (χ4v) is 2.96. The first-order valence-corrected chi connectivity index (χ1v) is 7.66. The second-order valence-electron chi connectivity index (χ2n) is 5.04. The number of fused-ring (bicyclic) bond motifs is 1. The standard InChI is InChI=1S/C14H13F3N4OS/c1-8(2)23-12-7-10-9(6-11(12)22-14(15,16)17)19-13(20-10)21-5-3-4-18-21/h3-8H,1-2H3,(H,19,20). The number of halogens is 3. The highest BCUT2D eigenvalue weighted by molar-refractivity contribution is 8.00. The molecule has 5 nitrogen and oxygen atoms in total. The number of aromatic amines is 1. The number of aromatic nitrogens is 4. The van der Waals surface area contributed by atoms with Crippen LogP contribution in [0, 0.1) is 0 Å². The zero-order valence-electron chi connectivity index (χ0n) is 12.3. The number of rotatable bonds is 4. The molecule has 0 aliphatic rings. The van der Waals surface area contributed by atoms with Crippen LogP contribution in [0.5, 0.6) is 5.75 Å². The number of alkyl halides is 3. The third-order valence-electron chi connectivity index (χ3n) is 2.84. The highest BCUT2D eigenvalue weighted by Gasteiger charge is 2.32. The van der Waals surface area contributed by atoms with E-state index < -0.39 is 6.36 Å². The van der Waals surface area contributed by atoms with Crippen LogP contribution >= 0.6 is 11.8 Å². The van der Waals surface area contributed by atoms with Crippen LogP contribution in [-0.4, -0.2) is 31.4 Å². The van der Waals surface area contributed by atoms with E-state index in [1.807, 2.05) is 13.8 Å². The second-order valence-corrected chi connectivity index (χ2v) is 6.66. The molecule has 0 aliphatic carbocycles. The van der Waals surface area contributed by atoms with Crippen molar-refractivity contribution in [3.05, 3.63) is 30.6 Å². The first kappa shape index (κ1) is 15.7. The molecule has 0 spiro atoms. The summed E-state index contributed by atoms with van der Waals surface area (Å²) in [5, 5.41) is 4.15. The summed E-state index contributed by atoms with van der Waals surface area (Å²) >= 11 is 1.29. The number of nitrogens with zero attached hydrogens (tertiary/aromatic N) is 3. The highest BCUT2D eigenvalue weighted by Crippen LogP contribution is 2.38. The van der Waals surface area contributed by atoms with E-state index in [1.54, 1.807) is 24.5 Å². The third-order valence-corrected chi connectivity index (χ3v) is 3.89. The zero-order chi connectivity index (χ0) is 16.6. The van der Waals surface area contributed by atoms with Gasteiger partial charge in [-0.3, -0.25) is 0 Å². The summed E-state index contributed by atoms with van der Waals surface area (Å²) in [6.45, 7) is 3.79. The van der Waals surface area contributed by atoms with E-state index in [4.69, 9.17) is 0 Å². The van der Waals surface area contributed by atoms with E-state index >= 15 is 0 Å². The van der Waals surface area contributed by atoms with Gasteiger partial charge < -0.3 is 9.72 Å². The Morgan fingerprint density at radius 3 is 2.70 bits per heavy atom. The summed E-state index contributed by atoms with van der Waals surface area (Å²) in [7, 11) is 0. The molecular weight excluding hydrogens is 329 g/mol. The van der Waals surface area contributed by atoms with Crippen molar-refractivity contribution in [3.8, 4) is 11.7 Å². The fourth-order valence-electron chi connectivity index (χ4n) is 2.06. The van der Waals surface area contributed by atoms with Gasteiger partial charge in [0, 0.05) is 23.7 Å². The van der Waals surface area contributed by atoms with Crippen LogP contribution in [0.25, 0.3) is 17.0 Å². The molecule has 1 aromatic carbocycles. The molecule has 0 unspecified atom stereocenters. The number of hydrogen-bond donors (Lipinski definition) is 1. The van der Waals surface area contributed by atoms with Gasteiger partial charge in [-0.05, 0) is 12.1 Å². The monoisotopic (exact) mass is 342 g/mol. The van der Waals surface area contributed by atoms with Gasteiger partial charge in [0.2, 0.25) is 5.95 Å². The Morgan fingerprint density at radius 1 is 1.30 bits per heavy atom. The minimum absolute atomic E-state index is 0.104. The van der Waals surface area contributed by atoms with Crippen molar-refractivity contribution in [2.75, 3.05) is 0 Å². The first-order chi connectivity index (χ1) is 10.8. The van der Waals surface area contributed by atoms with Crippen LogP contribution in [0.1, 0.15) is 13.8 Å². The molecule has 9 heteroatoms. The molecule has 0 fully saturated rings. The van der Waals surface area contributed by atoms with Crippen molar-refractivity contribution in [1.29, 1.82) is 0 Å². The lowest BCUT2D eigenvalue weighted by Crippen LogP contribution is -2.17. The van der Waals surface area contributed by atoms with Crippen LogP contribution in [0.2, 0.25) is 0 Å². The lowest BCUT2D eigenvalue weighted by molar-refractivity contribution is -0.275. The fraction of sp³-hybridized carbons (Fsp3) is 0.286. The Labute approximate surface area is 133 Å². The van der Waals surface area contributed by atoms with Gasteiger partial charge >= 0.3 is 6.36 Å². The van der Waals surface area contributed by atoms with Crippen LogP contribution in [-0.2, 0) is 0 Å². The van der Waals surface area contributed by atoms with Gasteiger partial charge in [-0.15, -0.1) is 24.9 Å². The molecule has 0 bridgehead atoms.